The Labute approximate surface area is 109 Å². The van der Waals surface area contributed by atoms with E-state index in [2.05, 4.69) is 13.8 Å². The molecule has 0 aliphatic heterocycles. The van der Waals surface area contributed by atoms with Crippen molar-refractivity contribution in [1.82, 2.24) is 0 Å². The summed E-state index contributed by atoms with van der Waals surface area (Å²) < 4.78 is 5.05. The van der Waals surface area contributed by atoms with Crippen LogP contribution in [0.5, 0.6) is 0 Å². The minimum atomic E-state index is -0.717. The van der Waals surface area contributed by atoms with Gasteiger partial charge in [0.15, 0.2) is 0 Å². The van der Waals surface area contributed by atoms with Crippen molar-refractivity contribution in [2.45, 2.75) is 57.2 Å². The van der Waals surface area contributed by atoms with Gasteiger partial charge in [0.25, 0.3) is 0 Å². The second-order valence-electron chi connectivity index (χ2n) is 5.29. The predicted octanol–water partition coefficient (Wildman–Crippen LogP) is 2.58. The van der Waals surface area contributed by atoms with Crippen molar-refractivity contribution in [1.29, 1.82) is 0 Å². The molecule has 4 heteroatoms. The Kier molecular flexibility index (Phi) is 5.80. The van der Waals surface area contributed by atoms with Gasteiger partial charge in [0.1, 0.15) is 5.54 Å². The highest BCUT2D eigenvalue weighted by atomic mass is 32.2. The van der Waals surface area contributed by atoms with Gasteiger partial charge >= 0.3 is 5.97 Å². The van der Waals surface area contributed by atoms with Crippen LogP contribution in [-0.4, -0.2) is 29.1 Å². The molecule has 1 fully saturated rings. The molecule has 0 heterocycles. The van der Waals surface area contributed by atoms with Crippen LogP contribution in [0.25, 0.3) is 0 Å². The number of hydrogen-bond donors (Lipinski definition) is 1. The van der Waals surface area contributed by atoms with Crippen molar-refractivity contribution in [3.63, 3.8) is 0 Å². The number of carbonyl (C=O) groups is 1. The van der Waals surface area contributed by atoms with Crippen LogP contribution in [0.15, 0.2) is 0 Å². The van der Waals surface area contributed by atoms with Crippen molar-refractivity contribution in [3.8, 4) is 0 Å². The van der Waals surface area contributed by atoms with Crippen LogP contribution in [0.2, 0.25) is 0 Å². The largest absolute Gasteiger partial charge is 0.465 e. The van der Waals surface area contributed by atoms with E-state index in [1.165, 1.54) is 12.2 Å². The van der Waals surface area contributed by atoms with E-state index in [1.807, 2.05) is 18.7 Å². The van der Waals surface area contributed by atoms with Gasteiger partial charge in [0.2, 0.25) is 0 Å². The number of thioether (sulfide) groups is 1. The van der Waals surface area contributed by atoms with Crippen molar-refractivity contribution in [3.05, 3.63) is 0 Å². The van der Waals surface area contributed by atoms with E-state index in [4.69, 9.17) is 10.5 Å². The molecule has 1 saturated carbocycles. The first kappa shape index (κ1) is 14.8. The van der Waals surface area contributed by atoms with E-state index in [-0.39, 0.29) is 5.97 Å². The van der Waals surface area contributed by atoms with Crippen molar-refractivity contribution >= 4 is 17.7 Å². The molecule has 0 amide bonds. The number of esters is 1. The second-order valence-corrected chi connectivity index (χ2v) is 6.70. The summed E-state index contributed by atoms with van der Waals surface area (Å²) in [4.78, 5) is 11.7. The fraction of sp³-hybridized carbons (Fsp3) is 0.923. The third-order valence-electron chi connectivity index (χ3n) is 3.24. The van der Waals surface area contributed by atoms with Crippen molar-refractivity contribution < 1.29 is 9.53 Å². The number of rotatable bonds is 6. The number of hydrogen-bond acceptors (Lipinski definition) is 4. The third-order valence-corrected chi connectivity index (χ3v) is 4.58. The van der Waals surface area contributed by atoms with Crippen LogP contribution in [-0.2, 0) is 9.53 Å². The molecule has 1 aliphatic rings. The van der Waals surface area contributed by atoms with Gasteiger partial charge < -0.3 is 10.5 Å². The Morgan fingerprint density at radius 1 is 1.59 bits per heavy atom. The maximum atomic E-state index is 11.7. The molecule has 17 heavy (non-hydrogen) atoms. The summed E-state index contributed by atoms with van der Waals surface area (Å²) in [5.74, 6) is 1.70. The van der Waals surface area contributed by atoms with E-state index < -0.39 is 5.54 Å². The zero-order valence-electron chi connectivity index (χ0n) is 11.2. The fourth-order valence-corrected chi connectivity index (χ4v) is 3.74. The van der Waals surface area contributed by atoms with E-state index in [9.17, 15) is 4.79 Å². The zero-order chi connectivity index (χ0) is 12.9. The van der Waals surface area contributed by atoms with Crippen LogP contribution < -0.4 is 5.73 Å². The summed E-state index contributed by atoms with van der Waals surface area (Å²) in [6.45, 7) is 6.72. The summed E-state index contributed by atoms with van der Waals surface area (Å²) in [5, 5.41) is 0.531. The fourth-order valence-electron chi connectivity index (χ4n) is 2.10. The average Bonchev–Trinajstić information content (AvgIpc) is 2.62. The van der Waals surface area contributed by atoms with E-state index in [1.54, 1.807) is 0 Å². The molecule has 0 aromatic carbocycles. The first-order valence-corrected chi connectivity index (χ1v) is 7.60. The monoisotopic (exact) mass is 259 g/mol. The molecule has 0 radical (unpaired) electrons. The maximum absolute atomic E-state index is 11.7. The Morgan fingerprint density at radius 3 is 2.88 bits per heavy atom. The topological polar surface area (TPSA) is 52.3 Å². The normalized spacial score (nSPS) is 28.6. The summed E-state index contributed by atoms with van der Waals surface area (Å²) >= 11 is 1.96. The lowest BCUT2D eigenvalue weighted by Gasteiger charge is -2.21. The number of ether oxygens (including phenoxy) is 1. The Morgan fingerprint density at radius 2 is 2.29 bits per heavy atom. The smallest absolute Gasteiger partial charge is 0.326 e. The summed E-state index contributed by atoms with van der Waals surface area (Å²) in [6.07, 6.45) is 3.82. The molecule has 1 aliphatic carbocycles. The van der Waals surface area contributed by atoms with Crippen molar-refractivity contribution in [2.24, 2.45) is 11.7 Å². The Hall–Kier alpha value is -0.220. The molecule has 2 N–H and O–H groups in total. The highest BCUT2D eigenvalue weighted by molar-refractivity contribution is 7.99. The molecule has 1 rings (SSSR count). The Bertz CT molecular complexity index is 258. The summed E-state index contributed by atoms with van der Waals surface area (Å²) in [6, 6.07) is 0. The molecule has 100 valence electrons. The zero-order valence-corrected chi connectivity index (χ0v) is 12.0. The molecule has 3 nitrogen and oxygen atoms in total. The van der Waals surface area contributed by atoms with Gasteiger partial charge in [-0.2, -0.15) is 11.8 Å². The molecule has 0 aromatic rings. The van der Waals surface area contributed by atoms with Crippen LogP contribution >= 0.6 is 11.8 Å². The maximum Gasteiger partial charge on any atom is 0.326 e. The van der Waals surface area contributed by atoms with Gasteiger partial charge in [0.05, 0.1) is 6.61 Å². The molecular weight excluding hydrogens is 234 g/mol. The third kappa shape index (κ3) is 4.51. The standard InChI is InChI=1S/C13H25NO2S/c1-4-16-12(15)13(14)7-5-11(9-13)17-8-6-10(2)3/h10-11H,4-9,14H2,1-3H3. The van der Waals surface area contributed by atoms with Gasteiger partial charge in [-0.05, 0) is 44.3 Å². The van der Waals surface area contributed by atoms with Crippen LogP contribution in [0.1, 0.15) is 46.5 Å². The predicted molar refractivity (Wildman–Crippen MR) is 73.1 cm³/mol. The number of nitrogens with two attached hydrogens (primary N) is 1. The van der Waals surface area contributed by atoms with Gasteiger partial charge in [-0.3, -0.25) is 4.79 Å². The molecule has 0 spiro atoms. The van der Waals surface area contributed by atoms with Gasteiger partial charge in [-0.25, -0.2) is 0 Å². The lowest BCUT2D eigenvalue weighted by atomic mass is 10.00. The molecule has 0 aromatic heterocycles. The highest BCUT2D eigenvalue weighted by Crippen LogP contribution is 2.36. The van der Waals surface area contributed by atoms with Gasteiger partial charge in [0, 0.05) is 5.25 Å². The minimum Gasteiger partial charge on any atom is -0.465 e. The molecule has 2 atom stereocenters. The quantitative estimate of drug-likeness (QED) is 0.745. The van der Waals surface area contributed by atoms with E-state index in [0.29, 0.717) is 11.9 Å². The van der Waals surface area contributed by atoms with Crippen LogP contribution in [0.4, 0.5) is 0 Å². The van der Waals surface area contributed by atoms with E-state index in [0.717, 1.165) is 25.2 Å². The van der Waals surface area contributed by atoms with Gasteiger partial charge in [-0.1, -0.05) is 13.8 Å². The number of carbonyl (C=O) groups excluding carboxylic acids is 1. The van der Waals surface area contributed by atoms with Crippen LogP contribution in [0.3, 0.4) is 0 Å². The van der Waals surface area contributed by atoms with Gasteiger partial charge in [-0.15, -0.1) is 0 Å². The minimum absolute atomic E-state index is 0.216. The average molecular weight is 259 g/mol. The first-order chi connectivity index (χ1) is 7.98. The van der Waals surface area contributed by atoms with E-state index >= 15 is 0 Å². The lowest BCUT2D eigenvalue weighted by molar-refractivity contribution is -0.149. The second kappa shape index (κ2) is 6.64. The van der Waals surface area contributed by atoms with Crippen molar-refractivity contribution in [2.75, 3.05) is 12.4 Å². The molecule has 2 unspecified atom stereocenters. The van der Waals surface area contributed by atoms with Crippen LogP contribution in [0, 0.1) is 5.92 Å². The molecule has 0 saturated heterocycles. The Balaban J connectivity index is 2.33. The SMILES string of the molecule is CCOC(=O)C1(N)CCC(SCCC(C)C)C1. The molecular formula is C13H25NO2S. The first-order valence-electron chi connectivity index (χ1n) is 6.55. The summed E-state index contributed by atoms with van der Waals surface area (Å²) in [5.41, 5.74) is 5.41. The lowest BCUT2D eigenvalue weighted by Crippen LogP contribution is -2.47. The summed E-state index contributed by atoms with van der Waals surface area (Å²) in [7, 11) is 0. The molecule has 0 bridgehead atoms. The highest BCUT2D eigenvalue weighted by Gasteiger charge is 2.43.